The first-order valence-corrected chi connectivity index (χ1v) is 20.8. The summed E-state index contributed by atoms with van der Waals surface area (Å²) in [5, 5.41) is 43.3. The quantitative estimate of drug-likeness (QED) is 0.0660. The van der Waals surface area contributed by atoms with Gasteiger partial charge in [0.25, 0.3) is 0 Å². The summed E-state index contributed by atoms with van der Waals surface area (Å²) in [7, 11) is 1.54. The number of ether oxygens (including phenoxy) is 2. The van der Waals surface area contributed by atoms with E-state index in [1.54, 1.807) is 36.4 Å². The number of fused-ring (bicyclic) bond motifs is 1. The van der Waals surface area contributed by atoms with Gasteiger partial charge in [0.05, 0.1) is 39.2 Å². The van der Waals surface area contributed by atoms with Gasteiger partial charge in [-0.3, -0.25) is 9.59 Å². The molecule has 1 saturated heterocycles. The molecule has 1 saturated carbocycles. The summed E-state index contributed by atoms with van der Waals surface area (Å²) in [6.07, 6.45) is 3.47. The van der Waals surface area contributed by atoms with Crippen LogP contribution in [-0.4, -0.2) is 76.5 Å². The minimum Gasteiger partial charge on any atom is -0.506 e. The number of benzene rings is 2. The number of carbonyl (C=O) groups excluding carboxylic acids is 2. The molecule has 7 rings (SSSR count). The number of hydrogen-bond donors (Lipinski definition) is 6. The Bertz CT molecular complexity index is 2180. The fourth-order valence-corrected chi connectivity index (χ4v) is 9.82. The third-order valence-electron chi connectivity index (χ3n) is 11.0. The minimum absolute atomic E-state index is 0.0774. The van der Waals surface area contributed by atoms with Gasteiger partial charge in [-0.25, -0.2) is 4.79 Å². The molecule has 1 aliphatic carbocycles. The van der Waals surface area contributed by atoms with Crippen molar-refractivity contribution in [2.45, 2.75) is 62.9 Å². The summed E-state index contributed by atoms with van der Waals surface area (Å²) in [5.74, 6) is -0.311. The lowest BCUT2D eigenvalue weighted by molar-refractivity contribution is -0.181. The number of anilines is 1. The standard InChI is InChI=1S/C41H45ClN4O8S2/c1-53-33-20-30(29(42)19-25(33)23-43-24-32(48)27-8-10-31(47)38-28(27)9-11-37(50)45-38)44-36(49)7-2-14-46-15-12-40(13-16-46)21-26(22-40)54-39(51)41(52,34-5-3-17-55-34)35-6-4-18-56-35/h3-6,8-11,17-20,26,32,43,47-48,52H,2,7,12-16,21-24H2,1H3,(H,44,49)(H,45,50)/t32-/m0/s1. The van der Waals surface area contributed by atoms with Crippen molar-refractivity contribution in [1.82, 2.24) is 15.2 Å². The van der Waals surface area contributed by atoms with E-state index in [1.165, 1.54) is 41.9 Å². The molecule has 2 aromatic carbocycles. The largest absolute Gasteiger partial charge is 0.506 e. The number of aliphatic hydroxyl groups excluding tert-OH is 1. The summed E-state index contributed by atoms with van der Waals surface area (Å²) in [4.78, 5) is 44.1. The van der Waals surface area contributed by atoms with Gasteiger partial charge in [-0.05, 0) is 104 Å². The van der Waals surface area contributed by atoms with Crippen LogP contribution in [0.15, 0.2) is 76.2 Å². The van der Waals surface area contributed by atoms with Crippen LogP contribution in [0.1, 0.15) is 65.5 Å². The molecule has 6 N–H and O–H groups in total. The third-order valence-corrected chi connectivity index (χ3v) is 13.3. The number of phenolic OH excluding ortho intramolecular Hbond substituents is 1. The number of aromatic hydroxyl groups is 1. The normalized spacial score (nSPS) is 16.4. The molecule has 1 amide bonds. The Morgan fingerprint density at radius 2 is 1.79 bits per heavy atom. The molecule has 15 heteroatoms. The van der Waals surface area contributed by atoms with Crippen molar-refractivity contribution >= 4 is 62.7 Å². The number of H-pyrrole nitrogens is 1. The number of amides is 1. The highest BCUT2D eigenvalue weighted by atomic mass is 35.5. The number of hydrogen-bond acceptors (Lipinski definition) is 12. The second-order valence-corrected chi connectivity index (χ2v) is 17.0. The lowest BCUT2D eigenvalue weighted by Gasteiger charge is -2.51. The molecule has 2 fully saturated rings. The van der Waals surface area contributed by atoms with Gasteiger partial charge in [0.15, 0.2) is 0 Å². The Hall–Kier alpha value is -4.28. The van der Waals surface area contributed by atoms with Crippen LogP contribution in [0.4, 0.5) is 5.69 Å². The van der Waals surface area contributed by atoms with E-state index < -0.39 is 17.7 Å². The number of pyridine rings is 1. The molecule has 0 radical (unpaired) electrons. The number of nitrogens with one attached hydrogen (secondary N) is 3. The molecule has 12 nitrogen and oxygen atoms in total. The van der Waals surface area contributed by atoms with E-state index in [4.69, 9.17) is 21.1 Å². The van der Waals surface area contributed by atoms with Crippen LogP contribution in [0, 0.1) is 5.41 Å². The number of likely N-dealkylation sites (tertiary alicyclic amines) is 1. The zero-order chi connectivity index (χ0) is 39.5. The molecule has 3 aromatic heterocycles. The predicted octanol–water partition coefficient (Wildman–Crippen LogP) is 6.28. The molecular weight excluding hydrogens is 776 g/mol. The van der Waals surface area contributed by atoms with Crippen molar-refractivity contribution in [3.63, 3.8) is 0 Å². The van der Waals surface area contributed by atoms with Crippen LogP contribution in [0.3, 0.4) is 0 Å². The molecule has 0 bridgehead atoms. The molecule has 5 aromatic rings. The molecule has 56 heavy (non-hydrogen) atoms. The number of nitrogens with zero attached hydrogens (tertiary/aromatic N) is 1. The monoisotopic (exact) mass is 820 g/mol. The molecule has 0 unspecified atom stereocenters. The summed E-state index contributed by atoms with van der Waals surface area (Å²) in [6, 6.07) is 16.6. The number of piperidine rings is 1. The van der Waals surface area contributed by atoms with Gasteiger partial charge in [0.1, 0.15) is 17.6 Å². The molecule has 4 heterocycles. The average molecular weight is 821 g/mol. The first-order chi connectivity index (χ1) is 27.0. The van der Waals surface area contributed by atoms with Crippen molar-refractivity contribution in [3.8, 4) is 11.5 Å². The minimum atomic E-state index is -1.79. The number of esters is 1. The van der Waals surface area contributed by atoms with E-state index in [2.05, 4.69) is 20.5 Å². The van der Waals surface area contributed by atoms with E-state index in [1.807, 2.05) is 22.9 Å². The molecule has 1 spiro atoms. The summed E-state index contributed by atoms with van der Waals surface area (Å²) >= 11 is 9.27. The Balaban J connectivity index is 0.834. The molecule has 296 valence electrons. The van der Waals surface area contributed by atoms with E-state index >= 15 is 0 Å². The van der Waals surface area contributed by atoms with Crippen molar-refractivity contribution in [2.24, 2.45) is 5.41 Å². The van der Waals surface area contributed by atoms with Gasteiger partial charge in [-0.1, -0.05) is 29.8 Å². The molecular formula is C41H45ClN4O8S2. The third kappa shape index (κ3) is 8.52. The van der Waals surface area contributed by atoms with Gasteiger partial charge in [0, 0.05) is 42.6 Å². The second kappa shape index (κ2) is 17.1. The van der Waals surface area contributed by atoms with E-state index in [9.17, 15) is 29.7 Å². The number of aliphatic hydroxyl groups is 2. The Morgan fingerprint density at radius 1 is 1.07 bits per heavy atom. The van der Waals surface area contributed by atoms with Crippen LogP contribution in [0.2, 0.25) is 5.02 Å². The first-order valence-electron chi connectivity index (χ1n) is 18.6. The molecule has 2 aliphatic rings. The first kappa shape index (κ1) is 39.9. The number of halogens is 1. The maximum Gasteiger partial charge on any atom is 0.349 e. The lowest BCUT2D eigenvalue weighted by Crippen LogP contribution is -2.52. The maximum atomic E-state index is 13.4. The van der Waals surface area contributed by atoms with Crippen LogP contribution in [0.25, 0.3) is 10.9 Å². The van der Waals surface area contributed by atoms with Crippen molar-refractivity contribution in [1.29, 1.82) is 0 Å². The molecule has 1 atom stereocenters. The summed E-state index contributed by atoms with van der Waals surface area (Å²) in [6.45, 7) is 3.11. The van der Waals surface area contributed by atoms with Gasteiger partial charge < -0.3 is 45.3 Å². The van der Waals surface area contributed by atoms with Crippen LogP contribution >= 0.6 is 34.3 Å². The molecule has 1 aliphatic heterocycles. The van der Waals surface area contributed by atoms with Gasteiger partial charge in [-0.2, -0.15) is 0 Å². The lowest BCUT2D eigenvalue weighted by atomic mass is 9.61. The smallest absolute Gasteiger partial charge is 0.349 e. The van der Waals surface area contributed by atoms with Crippen LogP contribution < -0.4 is 20.9 Å². The van der Waals surface area contributed by atoms with Gasteiger partial charge >= 0.3 is 5.97 Å². The topological polar surface area (TPSA) is 173 Å². The number of methoxy groups -OCH3 is 1. The Labute approximate surface area is 337 Å². The Morgan fingerprint density at radius 3 is 2.45 bits per heavy atom. The van der Waals surface area contributed by atoms with Gasteiger partial charge in [-0.15, -0.1) is 22.7 Å². The second-order valence-electron chi connectivity index (χ2n) is 14.7. The van der Waals surface area contributed by atoms with Crippen LogP contribution in [0.5, 0.6) is 11.5 Å². The number of aromatic nitrogens is 1. The maximum absolute atomic E-state index is 13.4. The van der Waals surface area contributed by atoms with Crippen molar-refractivity contribution < 1.29 is 34.4 Å². The fourth-order valence-electron chi connectivity index (χ4n) is 7.87. The summed E-state index contributed by atoms with van der Waals surface area (Å²) in [5.41, 5.74) is 0.00787. The number of phenols is 1. The van der Waals surface area contributed by atoms with E-state index in [-0.39, 0.29) is 40.8 Å². The van der Waals surface area contributed by atoms with Crippen molar-refractivity contribution in [2.75, 3.05) is 38.6 Å². The van der Waals surface area contributed by atoms with Gasteiger partial charge in [0.2, 0.25) is 17.1 Å². The highest BCUT2D eigenvalue weighted by Gasteiger charge is 2.51. The van der Waals surface area contributed by atoms with Crippen molar-refractivity contribution in [3.05, 3.63) is 108 Å². The zero-order valence-electron chi connectivity index (χ0n) is 30.9. The number of carbonyl (C=O) groups is 2. The SMILES string of the molecule is COc1cc(NC(=O)CCCN2CCC3(CC2)CC(OC(=O)C(O)(c2cccs2)c2cccs2)C3)c(Cl)cc1CNC[C@H](O)c1ccc(O)c2[nH]c(=O)ccc12. The zero-order valence-corrected chi connectivity index (χ0v) is 33.3. The number of rotatable bonds is 15. The highest BCUT2D eigenvalue weighted by Crippen LogP contribution is 2.51. The predicted molar refractivity (Wildman–Crippen MR) is 218 cm³/mol. The van der Waals surface area contributed by atoms with Crippen LogP contribution in [-0.2, 0) is 26.5 Å². The Kier molecular flexibility index (Phi) is 12.2. The summed E-state index contributed by atoms with van der Waals surface area (Å²) < 4.78 is 11.5. The average Bonchev–Trinajstić information content (AvgIpc) is 3.93. The number of thiophene rings is 2. The highest BCUT2D eigenvalue weighted by molar-refractivity contribution is 7.12. The number of aromatic amines is 1. The fraction of sp³-hybridized carbons (Fsp3) is 0.390. The van der Waals surface area contributed by atoms with E-state index in [0.29, 0.717) is 56.5 Å². The van der Waals surface area contributed by atoms with E-state index in [0.717, 1.165) is 50.9 Å².